The summed E-state index contributed by atoms with van der Waals surface area (Å²) < 4.78 is 5.87. The van der Waals surface area contributed by atoms with Crippen LogP contribution in [0, 0.1) is 6.92 Å². The van der Waals surface area contributed by atoms with Gasteiger partial charge in [-0.05, 0) is 0 Å². The molecule has 0 saturated carbocycles. The molecular formula is C15H11IS2Se. The number of rotatable bonds is 3. The van der Waals surface area contributed by atoms with E-state index in [0.29, 0.717) is 15.0 Å². The van der Waals surface area contributed by atoms with Crippen molar-refractivity contribution in [1.82, 2.24) is 0 Å². The first-order valence-corrected chi connectivity index (χ1v) is 11.7. The van der Waals surface area contributed by atoms with Crippen molar-refractivity contribution in [2.45, 2.75) is 11.1 Å². The monoisotopic (exact) mass is 462 g/mol. The summed E-state index contributed by atoms with van der Waals surface area (Å²) in [6.45, 7) is 2.17. The number of aryl methyl sites for hydroxylation is 1. The van der Waals surface area contributed by atoms with Gasteiger partial charge >= 0.3 is 141 Å². The van der Waals surface area contributed by atoms with Gasteiger partial charge in [-0.1, -0.05) is 0 Å². The van der Waals surface area contributed by atoms with Crippen molar-refractivity contribution < 1.29 is 0 Å². The van der Waals surface area contributed by atoms with Gasteiger partial charge in [-0.2, -0.15) is 0 Å². The molecule has 0 saturated heterocycles. The Morgan fingerprint density at radius 2 is 1.89 bits per heavy atom. The number of benzene rings is 2. The van der Waals surface area contributed by atoms with Crippen LogP contribution in [-0.2, 0) is 0 Å². The predicted molar refractivity (Wildman–Crippen MR) is 97.9 cm³/mol. The Morgan fingerprint density at radius 3 is 2.63 bits per heavy atom. The molecule has 0 bridgehead atoms. The quantitative estimate of drug-likeness (QED) is 0.414. The van der Waals surface area contributed by atoms with Crippen LogP contribution in [0.5, 0.6) is 0 Å². The van der Waals surface area contributed by atoms with E-state index in [0.717, 1.165) is 0 Å². The topological polar surface area (TPSA) is 0 Å². The van der Waals surface area contributed by atoms with Crippen molar-refractivity contribution in [3.63, 3.8) is 0 Å². The normalized spacial score (nSPS) is 11.1. The fourth-order valence-corrected chi connectivity index (χ4v) is 8.75. The third kappa shape index (κ3) is 3.03. The third-order valence-electron chi connectivity index (χ3n) is 2.80. The summed E-state index contributed by atoms with van der Waals surface area (Å²) >= 11 is 4.71. The number of hydrogen-bond donors (Lipinski definition) is 0. The van der Waals surface area contributed by atoms with Crippen molar-refractivity contribution >= 4 is 75.4 Å². The zero-order valence-corrected chi connectivity index (χ0v) is 15.7. The second-order valence-corrected chi connectivity index (χ2v) is 9.68. The van der Waals surface area contributed by atoms with Crippen LogP contribution in [0.2, 0.25) is 0 Å². The molecule has 0 aliphatic carbocycles. The molecule has 0 aliphatic heterocycles. The van der Waals surface area contributed by atoms with Crippen LogP contribution in [0.15, 0.2) is 52.7 Å². The molecule has 1 heterocycles. The van der Waals surface area contributed by atoms with E-state index in [9.17, 15) is 0 Å². The molecule has 0 aliphatic rings. The zero-order chi connectivity index (χ0) is 13.2. The zero-order valence-electron chi connectivity index (χ0n) is 10.2. The van der Waals surface area contributed by atoms with E-state index < -0.39 is 0 Å². The summed E-state index contributed by atoms with van der Waals surface area (Å²) in [6, 6.07) is 17.6. The first-order chi connectivity index (χ1) is 9.28. The van der Waals surface area contributed by atoms with Crippen molar-refractivity contribution in [1.29, 1.82) is 0 Å². The minimum absolute atomic E-state index is 0.390. The van der Waals surface area contributed by atoms with E-state index in [1.165, 1.54) is 24.3 Å². The molecule has 0 fully saturated rings. The fourth-order valence-electron chi connectivity index (χ4n) is 1.92. The minimum atomic E-state index is 0.390. The second-order valence-electron chi connectivity index (χ2n) is 4.21. The molecule has 3 aromatic rings. The maximum atomic E-state index is 2.40. The summed E-state index contributed by atoms with van der Waals surface area (Å²) in [6.07, 6.45) is 0. The Kier molecular flexibility index (Phi) is 4.54. The molecule has 0 atom stereocenters. The Bertz CT molecular complexity index is 707. The van der Waals surface area contributed by atoms with Crippen LogP contribution in [0.25, 0.3) is 10.1 Å². The van der Waals surface area contributed by atoms with E-state index in [4.69, 9.17) is 0 Å². The maximum absolute atomic E-state index is 2.40. The van der Waals surface area contributed by atoms with Crippen LogP contribution in [-0.4, -0.2) is 15.0 Å². The van der Waals surface area contributed by atoms with Gasteiger partial charge in [0.05, 0.1) is 0 Å². The van der Waals surface area contributed by atoms with Gasteiger partial charge in [-0.15, -0.1) is 0 Å². The third-order valence-corrected chi connectivity index (χ3v) is 9.80. The van der Waals surface area contributed by atoms with Gasteiger partial charge in [-0.25, -0.2) is 0 Å². The van der Waals surface area contributed by atoms with Gasteiger partial charge in [0.15, 0.2) is 0 Å². The summed E-state index contributed by atoms with van der Waals surface area (Å²) in [5.41, 5.74) is 1.35. The Hall–Kier alpha value is -0.000519. The SMILES string of the molecule is Cc1ccc2sc(SI)c([Se]c3ccccc3)c2c1. The molecule has 2 aromatic carbocycles. The van der Waals surface area contributed by atoms with Crippen molar-refractivity contribution in [3.8, 4) is 0 Å². The first-order valence-electron chi connectivity index (χ1n) is 5.82. The molecule has 19 heavy (non-hydrogen) atoms. The molecule has 0 amide bonds. The Balaban J connectivity index is 2.12. The summed E-state index contributed by atoms with van der Waals surface area (Å²) in [7, 11) is 1.85. The molecule has 4 heteroatoms. The molecular weight excluding hydrogens is 450 g/mol. The molecule has 0 unspecified atom stereocenters. The van der Waals surface area contributed by atoms with Crippen LogP contribution in [0.3, 0.4) is 0 Å². The van der Waals surface area contributed by atoms with Gasteiger partial charge in [-0.3, -0.25) is 0 Å². The number of fused-ring (bicyclic) bond motifs is 1. The van der Waals surface area contributed by atoms with Crippen LogP contribution in [0.1, 0.15) is 5.56 Å². The molecule has 1 aromatic heterocycles. The molecule has 0 nitrogen and oxygen atoms in total. The van der Waals surface area contributed by atoms with Gasteiger partial charge in [0.1, 0.15) is 0 Å². The average Bonchev–Trinajstić information content (AvgIpc) is 2.78. The number of hydrogen-bond acceptors (Lipinski definition) is 2. The van der Waals surface area contributed by atoms with Crippen molar-refractivity contribution in [2.24, 2.45) is 0 Å². The van der Waals surface area contributed by atoms with Gasteiger partial charge in [0.2, 0.25) is 0 Å². The number of thiophene rings is 1. The summed E-state index contributed by atoms with van der Waals surface area (Å²) in [4.78, 5) is 0. The predicted octanol–water partition coefficient (Wildman–Crippen LogP) is 4.31. The van der Waals surface area contributed by atoms with Gasteiger partial charge in [0, 0.05) is 0 Å². The van der Waals surface area contributed by atoms with Crippen molar-refractivity contribution in [2.75, 3.05) is 0 Å². The van der Waals surface area contributed by atoms with Crippen LogP contribution in [0.4, 0.5) is 0 Å². The molecule has 0 spiro atoms. The first kappa shape index (κ1) is 14.0. The van der Waals surface area contributed by atoms with E-state index in [-0.39, 0.29) is 0 Å². The average molecular weight is 461 g/mol. The van der Waals surface area contributed by atoms with E-state index in [1.807, 2.05) is 20.3 Å². The van der Waals surface area contributed by atoms with E-state index in [2.05, 4.69) is 76.7 Å². The molecule has 0 radical (unpaired) electrons. The van der Waals surface area contributed by atoms with Crippen LogP contribution < -0.4 is 8.92 Å². The van der Waals surface area contributed by atoms with E-state index >= 15 is 0 Å². The Morgan fingerprint density at radius 1 is 1.11 bits per heavy atom. The van der Waals surface area contributed by atoms with Crippen LogP contribution >= 0.6 is 41.5 Å². The van der Waals surface area contributed by atoms with Crippen molar-refractivity contribution in [3.05, 3.63) is 54.1 Å². The fraction of sp³-hybridized carbons (Fsp3) is 0.0667. The van der Waals surface area contributed by atoms with E-state index in [1.54, 1.807) is 4.46 Å². The molecule has 0 N–H and O–H groups in total. The standard InChI is InChI=1S/C15H11IS2Se/c1-10-7-8-13-12(9-10)14(15(17-13)18-16)19-11-5-3-2-4-6-11/h2-9H,1H3. The van der Waals surface area contributed by atoms with Gasteiger partial charge < -0.3 is 0 Å². The summed E-state index contributed by atoms with van der Waals surface area (Å²) in [5, 5.41) is 1.45. The Labute approximate surface area is 139 Å². The molecule has 3 rings (SSSR count). The summed E-state index contributed by atoms with van der Waals surface area (Å²) in [5.74, 6) is 0. The second kappa shape index (κ2) is 6.19. The van der Waals surface area contributed by atoms with Gasteiger partial charge in [0.25, 0.3) is 0 Å². The molecule has 96 valence electrons. The number of halogens is 1.